The standard InChI is InChI=1S/C15H24N6/c1-4-7-17-14(13-6-8-16-12(3)20-13)10-15-18-11-19-21(15)9-5-2/h6,8,11,14,17H,4-5,7,9-10H2,1-3H3. The fourth-order valence-corrected chi connectivity index (χ4v) is 2.30. The molecule has 0 fully saturated rings. The minimum absolute atomic E-state index is 0.145. The topological polar surface area (TPSA) is 68.5 Å². The third-order valence-electron chi connectivity index (χ3n) is 3.31. The quantitative estimate of drug-likeness (QED) is 0.805. The largest absolute Gasteiger partial charge is 0.308 e. The van der Waals surface area contributed by atoms with Crippen molar-refractivity contribution in [3.63, 3.8) is 0 Å². The highest BCUT2D eigenvalue weighted by molar-refractivity contribution is 5.10. The summed E-state index contributed by atoms with van der Waals surface area (Å²) in [5.74, 6) is 1.80. The lowest BCUT2D eigenvalue weighted by Gasteiger charge is -2.18. The third kappa shape index (κ3) is 4.32. The molecular weight excluding hydrogens is 264 g/mol. The molecule has 2 heterocycles. The van der Waals surface area contributed by atoms with Gasteiger partial charge in [0.25, 0.3) is 0 Å². The van der Waals surface area contributed by atoms with Gasteiger partial charge in [-0.2, -0.15) is 5.10 Å². The highest BCUT2D eigenvalue weighted by Crippen LogP contribution is 2.15. The van der Waals surface area contributed by atoms with E-state index in [1.165, 1.54) is 0 Å². The zero-order chi connectivity index (χ0) is 15.1. The van der Waals surface area contributed by atoms with Crippen LogP contribution in [0.5, 0.6) is 0 Å². The number of hydrogen-bond donors (Lipinski definition) is 1. The van der Waals surface area contributed by atoms with Gasteiger partial charge in [0.2, 0.25) is 0 Å². The Morgan fingerprint density at radius 2 is 2.10 bits per heavy atom. The summed E-state index contributed by atoms with van der Waals surface area (Å²) in [5.41, 5.74) is 1.02. The lowest BCUT2D eigenvalue weighted by molar-refractivity contribution is 0.479. The minimum Gasteiger partial charge on any atom is -0.308 e. The Morgan fingerprint density at radius 3 is 2.81 bits per heavy atom. The van der Waals surface area contributed by atoms with Crippen molar-refractivity contribution in [2.45, 2.75) is 52.6 Å². The van der Waals surface area contributed by atoms with Crippen molar-refractivity contribution in [1.82, 2.24) is 30.0 Å². The van der Waals surface area contributed by atoms with Gasteiger partial charge in [-0.15, -0.1) is 0 Å². The van der Waals surface area contributed by atoms with E-state index in [-0.39, 0.29) is 6.04 Å². The van der Waals surface area contributed by atoms with E-state index in [1.54, 1.807) is 6.33 Å². The molecule has 1 atom stereocenters. The van der Waals surface area contributed by atoms with Gasteiger partial charge in [0.05, 0.1) is 11.7 Å². The van der Waals surface area contributed by atoms with Crippen molar-refractivity contribution >= 4 is 0 Å². The molecular formula is C15H24N6. The maximum Gasteiger partial charge on any atom is 0.138 e. The SMILES string of the molecule is CCCNC(Cc1ncnn1CCC)c1ccnc(C)n1. The Hall–Kier alpha value is -1.82. The Morgan fingerprint density at radius 1 is 1.24 bits per heavy atom. The molecule has 0 aliphatic rings. The lowest BCUT2D eigenvalue weighted by Crippen LogP contribution is -2.26. The number of nitrogens with one attached hydrogen (secondary N) is 1. The average Bonchev–Trinajstić information content (AvgIpc) is 2.91. The average molecular weight is 288 g/mol. The van der Waals surface area contributed by atoms with E-state index in [9.17, 15) is 0 Å². The van der Waals surface area contributed by atoms with E-state index in [0.717, 1.165) is 49.7 Å². The number of nitrogens with zero attached hydrogens (tertiary/aromatic N) is 5. The van der Waals surface area contributed by atoms with Crippen molar-refractivity contribution < 1.29 is 0 Å². The van der Waals surface area contributed by atoms with Crippen molar-refractivity contribution in [1.29, 1.82) is 0 Å². The Labute approximate surface area is 126 Å². The zero-order valence-electron chi connectivity index (χ0n) is 13.1. The van der Waals surface area contributed by atoms with Crippen LogP contribution in [-0.4, -0.2) is 31.3 Å². The molecule has 0 aliphatic heterocycles. The molecule has 0 radical (unpaired) electrons. The van der Waals surface area contributed by atoms with Gasteiger partial charge in [0, 0.05) is 19.2 Å². The minimum atomic E-state index is 0.145. The van der Waals surface area contributed by atoms with Crippen LogP contribution in [0.1, 0.15) is 50.1 Å². The summed E-state index contributed by atoms with van der Waals surface area (Å²) >= 11 is 0. The van der Waals surface area contributed by atoms with E-state index < -0.39 is 0 Å². The van der Waals surface area contributed by atoms with E-state index in [0.29, 0.717) is 0 Å². The summed E-state index contributed by atoms with van der Waals surface area (Å²) in [6.07, 6.45) is 6.37. The van der Waals surface area contributed by atoms with E-state index in [2.05, 4.69) is 39.2 Å². The fraction of sp³-hybridized carbons (Fsp3) is 0.600. The van der Waals surface area contributed by atoms with Crippen molar-refractivity contribution in [3.05, 3.63) is 35.9 Å². The molecule has 1 unspecified atom stereocenters. The lowest BCUT2D eigenvalue weighted by atomic mass is 10.1. The highest BCUT2D eigenvalue weighted by Gasteiger charge is 2.16. The maximum atomic E-state index is 4.55. The van der Waals surface area contributed by atoms with Gasteiger partial charge in [-0.05, 0) is 32.4 Å². The van der Waals surface area contributed by atoms with Crippen LogP contribution in [0.15, 0.2) is 18.6 Å². The third-order valence-corrected chi connectivity index (χ3v) is 3.31. The maximum absolute atomic E-state index is 4.55. The fourth-order valence-electron chi connectivity index (χ4n) is 2.30. The number of aromatic nitrogens is 5. The molecule has 0 bridgehead atoms. The molecule has 0 amide bonds. The van der Waals surface area contributed by atoms with Crippen molar-refractivity contribution in [2.75, 3.05) is 6.54 Å². The molecule has 6 nitrogen and oxygen atoms in total. The van der Waals surface area contributed by atoms with Crippen LogP contribution in [0.3, 0.4) is 0 Å². The predicted octanol–water partition coefficient (Wildman–Crippen LogP) is 2.07. The van der Waals surface area contributed by atoms with Crippen LogP contribution >= 0.6 is 0 Å². The van der Waals surface area contributed by atoms with Crippen LogP contribution in [0.2, 0.25) is 0 Å². The molecule has 2 aromatic heterocycles. The van der Waals surface area contributed by atoms with E-state index in [4.69, 9.17) is 0 Å². The second-order valence-electron chi connectivity index (χ2n) is 5.14. The molecule has 0 spiro atoms. The van der Waals surface area contributed by atoms with Crippen LogP contribution < -0.4 is 5.32 Å². The first-order valence-electron chi connectivity index (χ1n) is 7.64. The summed E-state index contributed by atoms with van der Waals surface area (Å²) in [7, 11) is 0. The summed E-state index contributed by atoms with van der Waals surface area (Å²) in [6.45, 7) is 8.08. The summed E-state index contributed by atoms with van der Waals surface area (Å²) in [5, 5.41) is 7.84. The second kappa shape index (κ2) is 7.83. The first-order valence-corrected chi connectivity index (χ1v) is 7.64. The first kappa shape index (κ1) is 15.6. The van der Waals surface area contributed by atoms with Crippen LogP contribution in [0, 0.1) is 6.92 Å². The molecule has 2 aromatic rings. The van der Waals surface area contributed by atoms with Gasteiger partial charge in [-0.1, -0.05) is 13.8 Å². The number of hydrogen-bond acceptors (Lipinski definition) is 5. The molecule has 0 aliphatic carbocycles. The molecule has 2 rings (SSSR count). The summed E-state index contributed by atoms with van der Waals surface area (Å²) in [6, 6.07) is 2.12. The molecule has 1 N–H and O–H groups in total. The molecule has 0 saturated heterocycles. The number of aryl methyl sites for hydroxylation is 2. The Kier molecular flexibility index (Phi) is 5.80. The monoisotopic (exact) mass is 288 g/mol. The molecule has 0 saturated carbocycles. The van der Waals surface area contributed by atoms with Crippen LogP contribution in [0.4, 0.5) is 0 Å². The van der Waals surface area contributed by atoms with Gasteiger partial charge < -0.3 is 5.32 Å². The van der Waals surface area contributed by atoms with Crippen molar-refractivity contribution in [2.24, 2.45) is 0 Å². The van der Waals surface area contributed by atoms with Gasteiger partial charge in [-0.3, -0.25) is 4.68 Å². The van der Waals surface area contributed by atoms with Gasteiger partial charge in [0.15, 0.2) is 0 Å². The first-order chi connectivity index (χ1) is 10.2. The van der Waals surface area contributed by atoms with Gasteiger partial charge in [-0.25, -0.2) is 15.0 Å². The van der Waals surface area contributed by atoms with Crippen LogP contribution in [0.25, 0.3) is 0 Å². The molecule has 21 heavy (non-hydrogen) atoms. The molecule has 114 valence electrons. The Balaban J connectivity index is 2.17. The van der Waals surface area contributed by atoms with E-state index in [1.807, 2.05) is 23.9 Å². The Bertz CT molecular complexity index is 551. The van der Waals surface area contributed by atoms with Crippen molar-refractivity contribution in [3.8, 4) is 0 Å². The molecule has 6 heteroatoms. The predicted molar refractivity (Wildman–Crippen MR) is 81.8 cm³/mol. The second-order valence-corrected chi connectivity index (χ2v) is 5.14. The van der Waals surface area contributed by atoms with Crippen LogP contribution in [-0.2, 0) is 13.0 Å². The summed E-state index contributed by atoms with van der Waals surface area (Å²) in [4.78, 5) is 13.1. The zero-order valence-corrected chi connectivity index (χ0v) is 13.1. The molecule has 0 aromatic carbocycles. The van der Waals surface area contributed by atoms with Gasteiger partial charge >= 0.3 is 0 Å². The smallest absolute Gasteiger partial charge is 0.138 e. The normalized spacial score (nSPS) is 12.5. The number of rotatable bonds is 8. The summed E-state index contributed by atoms with van der Waals surface area (Å²) < 4.78 is 1.98. The van der Waals surface area contributed by atoms with Gasteiger partial charge in [0.1, 0.15) is 18.0 Å². The highest BCUT2D eigenvalue weighted by atomic mass is 15.3. The van der Waals surface area contributed by atoms with E-state index >= 15 is 0 Å².